The van der Waals surface area contributed by atoms with Crippen LogP contribution in [0.5, 0.6) is 5.75 Å². The highest BCUT2D eigenvalue weighted by atomic mass is 16.5. The van der Waals surface area contributed by atoms with Gasteiger partial charge in [-0.2, -0.15) is 0 Å². The molecule has 0 fully saturated rings. The van der Waals surface area contributed by atoms with Crippen LogP contribution in [0.25, 0.3) is 32.7 Å². The van der Waals surface area contributed by atoms with Gasteiger partial charge in [-0.3, -0.25) is 4.79 Å². The number of rotatable bonds is 8. The molecule has 1 atom stereocenters. The van der Waals surface area contributed by atoms with Gasteiger partial charge in [0.1, 0.15) is 5.75 Å². The van der Waals surface area contributed by atoms with E-state index in [-0.39, 0.29) is 11.9 Å². The number of hydrogen-bond donors (Lipinski definition) is 1. The third-order valence-corrected chi connectivity index (χ3v) is 6.15. The van der Waals surface area contributed by atoms with E-state index in [9.17, 15) is 4.79 Å². The van der Waals surface area contributed by atoms with Crippen LogP contribution in [-0.2, 0) is 0 Å². The average Bonchev–Trinajstić information content (AvgIpc) is 2.82. The van der Waals surface area contributed by atoms with Crippen molar-refractivity contribution in [2.75, 3.05) is 7.11 Å². The Morgan fingerprint density at radius 1 is 0.844 bits per heavy atom. The van der Waals surface area contributed by atoms with E-state index >= 15 is 0 Å². The average molecular weight is 426 g/mol. The lowest BCUT2D eigenvalue weighted by atomic mass is 9.89. The first-order valence-electron chi connectivity index (χ1n) is 11.5. The Morgan fingerprint density at radius 3 is 2.12 bits per heavy atom. The van der Waals surface area contributed by atoms with Crippen LogP contribution in [0.3, 0.4) is 0 Å². The monoisotopic (exact) mass is 425 g/mol. The predicted octanol–water partition coefficient (Wildman–Crippen LogP) is 7.37. The van der Waals surface area contributed by atoms with E-state index in [0.717, 1.165) is 51.3 Å². The zero-order chi connectivity index (χ0) is 22.5. The van der Waals surface area contributed by atoms with Gasteiger partial charge in [-0.05, 0) is 47.0 Å². The van der Waals surface area contributed by atoms with Crippen LogP contribution in [0.15, 0.2) is 72.8 Å². The van der Waals surface area contributed by atoms with Crippen LogP contribution in [0, 0.1) is 0 Å². The molecule has 1 amide bonds. The van der Waals surface area contributed by atoms with E-state index in [0.29, 0.717) is 5.56 Å². The normalized spacial score (nSPS) is 12.1. The molecule has 0 aromatic heterocycles. The number of nitrogens with one attached hydrogen (secondary N) is 1. The number of hydrogen-bond acceptors (Lipinski definition) is 2. The van der Waals surface area contributed by atoms with Crippen molar-refractivity contribution in [2.24, 2.45) is 0 Å². The second-order valence-corrected chi connectivity index (χ2v) is 8.44. The fourth-order valence-electron chi connectivity index (χ4n) is 4.48. The van der Waals surface area contributed by atoms with Crippen molar-refractivity contribution in [1.82, 2.24) is 5.32 Å². The highest BCUT2D eigenvalue weighted by Crippen LogP contribution is 2.42. The maximum Gasteiger partial charge on any atom is 0.252 e. The van der Waals surface area contributed by atoms with E-state index in [2.05, 4.69) is 49.5 Å². The molecule has 0 aliphatic carbocycles. The Hall–Kier alpha value is -3.33. The van der Waals surface area contributed by atoms with Gasteiger partial charge in [0, 0.05) is 22.7 Å². The number of ether oxygens (including phenoxy) is 1. The molecule has 4 aromatic rings. The summed E-state index contributed by atoms with van der Waals surface area (Å²) >= 11 is 0. The quantitative estimate of drug-likeness (QED) is 0.299. The number of carbonyl (C=O) groups is 1. The van der Waals surface area contributed by atoms with Gasteiger partial charge in [0.15, 0.2) is 0 Å². The molecule has 0 unspecified atom stereocenters. The Morgan fingerprint density at radius 2 is 1.47 bits per heavy atom. The Labute approximate surface area is 190 Å². The number of amides is 1. The lowest BCUT2D eigenvalue weighted by molar-refractivity contribution is 0.0938. The Balaban J connectivity index is 1.90. The Kier molecular flexibility index (Phi) is 6.75. The van der Waals surface area contributed by atoms with E-state index in [4.69, 9.17) is 4.74 Å². The molecule has 0 spiro atoms. The standard InChI is InChI=1S/C29H31NO2/c1-4-5-6-11-20(2)30-29(31)25-18-16-21-12-7-9-14-23(21)27(25)28-24-15-10-8-13-22(24)17-19-26(28)32-3/h7-10,12-20H,4-6,11H2,1-3H3,(H,30,31)/t20-/m0/s1. The van der Waals surface area contributed by atoms with E-state index in [1.165, 1.54) is 12.8 Å². The minimum atomic E-state index is -0.0373. The molecule has 0 saturated carbocycles. The summed E-state index contributed by atoms with van der Waals surface area (Å²) in [5.74, 6) is 0.731. The number of methoxy groups -OCH3 is 1. The molecule has 164 valence electrons. The van der Waals surface area contributed by atoms with Crippen molar-refractivity contribution >= 4 is 27.5 Å². The molecule has 3 heteroatoms. The van der Waals surface area contributed by atoms with Gasteiger partial charge < -0.3 is 10.1 Å². The summed E-state index contributed by atoms with van der Waals surface area (Å²) in [5.41, 5.74) is 2.57. The molecule has 0 radical (unpaired) electrons. The molecule has 0 aliphatic heterocycles. The predicted molar refractivity (Wildman–Crippen MR) is 135 cm³/mol. The van der Waals surface area contributed by atoms with Gasteiger partial charge in [-0.25, -0.2) is 0 Å². The first-order chi connectivity index (χ1) is 15.6. The van der Waals surface area contributed by atoms with Gasteiger partial charge >= 0.3 is 0 Å². The zero-order valence-corrected chi connectivity index (χ0v) is 19.2. The summed E-state index contributed by atoms with van der Waals surface area (Å²) < 4.78 is 5.81. The number of benzene rings is 4. The van der Waals surface area contributed by atoms with Crippen molar-refractivity contribution in [2.45, 2.75) is 45.6 Å². The van der Waals surface area contributed by atoms with Gasteiger partial charge in [0.25, 0.3) is 5.91 Å². The van der Waals surface area contributed by atoms with Crippen molar-refractivity contribution in [3.05, 3.63) is 78.4 Å². The van der Waals surface area contributed by atoms with E-state index in [1.54, 1.807) is 7.11 Å². The molecule has 0 heterocycles. The molecular formula is C29H31NO2. The highest BCUT2D eigenvalue weighted by Gasteiger charge is 2.21. The molecule has 0 aliphatic rings. The molecule has 1 N–H and O–H groups in total. The second kappa shape index (κ2) is 9.86. The first kappa shape index (κ1) is 21.9. The summed E-state index contributed by atoms with van der Waals surface area (Å²) in [6, 6.07) is 24.7. The fourth-order valence-corrected chi connectivity index (χ4v) is 4.48. The summed E-state index contributed by atoms with van der Waals surface area (Å²) in [6.07, 6.45) is 4.48. The van der Waals surface area contributed by atoms with Crippen LogP contribution in [0.2, 0.25) is 0 Å². The topological polar surface area (TPSA) is 38.3 Å². The lowest BCUT2D eigenvalue weighted by Crippen LogP contribution is -2.32. The largest absolute Gasteiger partial charge is 0.496 e. The van der Waals surface area contributed by atoms with Gasteiger partial charge in [0.05, 0.1) is 7.11 Å². The number of fused-ring (bicyclic) bond motifs is 2. The molecule has 32 heavy (non-hydrogen) atoms. The second-order valence-electron chi connectivity index (χ2n) is 8.44. The summed E-state index contributed by atoms with van der Waals surface area (Å²) in [6.45, 7) is 4.29. The molecular weight excluding hydrogens is 394 g/mol. The maximum absolute atomic E-state index is 13.5. The van der Waals surface area contributed by atoms with Crippen molar-refractivity contribution in [1.29, 1.82) is 0 Å². The molecule has 0 saturated heterocycles. The third-order valence-electron chi connectivity index (χ3n) is 6.15. The molecule has 4 rings (SSSR count). The molecule has 0 bridgehead atoms. The van der Waals surface area contributed by atoms with Crippen LogP contribution in [0.4, 0.5) is 0 Å². The fraction of sp³-hybridized carbons (Fsp3) is 0.276. The highest BCUT2D eigenvalue weighted by molar-refractivity contribution is 6.15. The van der Waals surface area contributed by atoms with E-state index < -0.39 is 0 Å². The van der Waals surface area contributed by atoms with Crippen LogP contribution >= 0.6 is 0 Å². The Bertz CT molecular complexity index is 1240. The third kappa shape index (κ3) is 4.34. The summed E-state index contributed by atoms with van der Waals surface area (Å²) in [5, 5.41) is 7.59. The van der Waals surface area contributed by atoms with Crippen LogP contribution < -0.4 is 10.1 Å². The lowest BCUT2D eigenvalue weighted by Gasteiger charge is -2.20. The number of carbonyl (C=O) groups excluding carboxylic acids is 1. The minimum Gasteiger partial charge on any atom is -0.496 e. The summed E-state index contributed by atoms with van der Waals surface area (Å²) in [4.78, 5) is 13.5. The van der Waals surface area contributed by atoms with E-state index in [1.807, 2.05) is 42.5 Å². The number of unbranched alkanes of at least 4 members (excludes halogenated alkanes) is 2. The van der Waals surface area contributed by atoms with Crippen LogP contribution in [-0.4, -0.2) is 19.1 Å². The van der Waals surface area contributed by atoms with Crippen molar-refractivity contribution < 1.29 is 9.53 Å². The first-order valence-corrected chi connectivity index (χ1v) is 11.5. The molecule has 3 nitrogen and oxygen atoms in total. The summed E-state index contributed by atoms with van der Waals surface area (Å²) in [7, 11) is 1.69. The molecule has 4 aromatic carbocycles. The van der Waals surface area contributed by atoms with Crippen molar-refractivity contribution in [3.63, 3.8) is 0 Å². The van der Waals surface area contributed by atoms with Gasteiger partial charge in [-0.15, -0.1) is 0 Å². The van der Waals surface area contributed by atoms with Gasteiger partial charge in [0.2, 0.25) is 0 Å². The zero-order valence-electron chi connectivity index (χ0n) is 19.2. The smallest absolute Gasteiger partial charge is 0.252 e. The maximum atomic E-state index is 13.5. The minimum absolute atomic E-state index is 0.0373. The van der Waals surface area contributed by atoms with Crippen LogP contribution in [0.1, 0.15) is 49.9 Å². The van der Waals surface area contributed by atoms with Crippen molar-refractivity contribution in [3.8, 4) is 16.9 Å². The van der Waals surface area contributed by atoms with Gasteiger partial charge in [-0.1, -0.05) is 86.8 Å². The SMILES string of the molecule is CCCCC[C@H](C)NC(=O)c1ccc2ccccc2c1-c1c(OC)ccc2ccccc12.